The molecule has 5 rings (SSSR count). The number of rotatable bonds is 4. The number of carbonyl (C=O) groups is 2. The minimum absolute atomic E-state index is 0.204. The molecular formula is C28H35N7O2S. The summed E-state index contributed by atoms with van der Waals surface area (Å²) in [6.45, 7) is 7.07. The Kier molecular flexibility index (Phi) is 7.45. The molecule has 4 N–H and O–H groups in total. The molecule has 2 aromatic heterocycles. The third-order valence-electron chi connectivity index (χ3n) is 7.93. The van der Waals surface area contributed by atoms with Gasteiger partial charge < -0.3 is 26.3 Å². The molecule has 2 aliphatic rings. The fourth-order valence-corrected chi connectivity index (χ4v) is 7.00. The number of hydrogen-bond acceptors (Lipinski definition) is 8. The van der Waals surface area contributed by atoms with Crippen molar-refractivity contribution in [3.8, 4) is 0 Å². The standard InChI is InChI=1S/C28H35N7O2S/c1-16-4-6-23(35(14-16)28(37)26(36)32-22-13-31-12-19(11-29)25(22)30)18-5-7-24-21(10-18)33-27(38-24)20-8-9-34(3)15-17(20)2/h5,7,10-13,16-17,20,23,29H,4,6,8-9,14-15H2,1-3H3,(H2,30,31)(H,32,36)/t16-,17-,20-,23+/m0/s1. The molecule has 38 heavy (non-hydrogen) atoms. The van der Waals surface area contributed by atoms with Crippen molar-refractivity contribution in [2.75, 3.05) is 37.7 Å². The van der Waals surface area contributed by atoms with Crippen LogP contribution in [-0.2, 0) is 9.59 Å². The average molecular weight is 534 g/mol. The number of pyridine rings is 1. The van der Waals surface area contributed by atoms with Crippen LogP contribution in [-0.4, -0.2) is 64.5 Å². The second-order valence-corrected chi connectivity index (χ2v) is 11.9. The number of hydrogen-bond donors (Lipinski definition) is 3. The summed E-state index contributed by atoms with van der Waals surface area (Å²) in [6, 6.07) is 6.09. The number of piperidine rings is 2. The zero-order chi connectivity index (χ0) is 27.0. The summed E-state index contributed by atoms with van der Waals surface area (Å²) in [6.07, 6.45) is 6.77. The first-order valence-corrected chi connectivity index (χ1v) is 14.0. The fraction of sp³-hybridized carbons (Fsp3) is 0.464. The number of nitrogen functional groups attached to an aromatic ring is 1. The van der Waals surface area contributed by atoms with E-state index in [1.165, 1.54) is 17.4 Å². The molecule has 0 unspecified atom stereocenters. The lowest BCUT2D eigenvalue weighted by atomic mass is 9.87. The highest BCUT2D eigenvalue weighted by Gasteiger charge is 2.35. The number of nitrogens with zero attached hydrogens (tertiary/aromatic N) is 4. The number of carbonyl (C=O) groups excluding carboxylic acids is 2. The van der Waals surface area contributed by atoms with Crippen molar-refractivity contribution in [2.45, 2.75) is 45.1 Å². The molecule has 0 bridgehead atoms. The maximum atomic E-state index is 13.4. The number of benzene rings is 1. The summed E-state index contributed by atoms with van der Waals surface area (Å²) < 4.78 is 1.16. The lowest BCUT2D eigenvalue weighted by Gasteiger charge is -2.38. The van der Waals surface area contributed by atoms with Crippen molar-refractivity contribution in [2.24, 2.45) is 11.8 Å². The Hall–Kier alpha value is -3.37. The summed E-state index contributed by atoms with van der Waals surface area (Å²) in [5, 5.41) is 11.3. The Morgan fingerprint density at radius 2 is 2.00 bits per heavy atom. The predicted molar refractivity (Wildman–Crippen MR) is 152 cm³/mol. The van der Waals surface area contributed by atoms with Gasteiger partial charge in [-0.15, -0.1) is 11.3 Å². The van der Waals surface area contributed by atoms with Gasteiger partial charge in [0.05, 0.1) is 38.8 Å². The van der Waals surface area contributed by atoms with Crippen LogP contribution in [0.4, 0.5) is 11.4 Å². The second-order valence-electron chi connectivity index (χ2n) is 10.9. The lowest BCUT2D eigenvalue weighted by molar-refractivity contribution is -0.146. The van der Waals surface area contributed by atoms with E-state index in [0.717, 1.165) is 54.3 Å². The minimum atomic E-state index is -0.756. The van der Waals surface area contributed by atoms with E-state index in [9.17, 15) is 9.59 Å². The van der Waals surface area contributed by atoms with Crippen LogP contribution in [0.3, 0.4) is 0 Å². The van der Waals surface area contributed by atoms with Gasteiger partial charge in [-0.3, -0.25) is 14.6 Å². The molecule has 4 heterocycles. The van der Waals surface area contributed by atoms with E-state index >= 15 is 0 Å². The average Bonchev–Trinajstić information content (AvgIpc) is 3.32. The SMILES string of the molecule is C[C@H]1CC[C@H](c2ccc3sc([C@H]4CCN(C)C[C@@H]4C)nc3c2)N(C(=O)C(=O)Nc2cncc(C=N)c2N)C1. The number of thiazole rings is 1. The van der Waals surface area contributed by atoms with Crippen LogP contribution >= 0.6 is 11.3 Å². The van der Waals surface area contributed by atoms with E-state index in [-0.39, 0.29) is 23.3 Å². The second kappa shape index (κ2) is 10.8. The molecule has 2 saturated heterocycles. The highest BCUT2D eigenvalue weighted by atomic mass is 32.1. The maximum absolute atomic E-state index is 13.4. The van der Waals surface area contributed by atoms with Crippen LogP contribution in [0.5, 0.6) is 0 Å². The number of nitrogens with one attached hydrogen (secondary N) is 2. The van der Waals surface area contributed by atoms with Crippen molar-refractivity contribution in [3.05, 3.63) is 46.7 Å². The number of nitrogens with two attached hydrogens (primary N) is 1. The lowest BCUT2D eigenvalue weighted by Crippen LogP contribution is -2.46. The van der Waals surface area contributed by atoms with E-state index in [0.29, 0.717) is 23.9 Å². The topological polar surface area (TPSA) is 128 Å². The number of likely N-dealkylation sites (tertiary alicyclic amines) is 2. The molecule has 9 nitrogen and oxygen atoms in total. The Bertz CT molecular complexity index is 1370. The van der Waals surface area contributed by atoms with Crippen LogP contribution in [0.25, 0.3) is 10.2 Å². The van der Waals surface area contributed by atoms with Crippen molar-refractivity contribution in [3.63, 3.8) is 0 Å². The number of amides is 2. The van der Waals surface area contributed by atoms with Gasteiger partial charge in [-0.1, -0.05) is 19.9 Å². The molecule has 0 aliphatic carbocycles. The fourth-order valence-electron chi connectivity index (χ4n) is 5.78. The Balaban J connectivity index is 1.38. The quantitative estimate of drug-likeness (QED) is 0.339. The first kappa shape index (κ1) is 26.2. The zero-order valence-electron chi connectivity index (χ0n) is 22.1. The van der Waals surface area contributed by atoms with E-state index < -0.39 is 11.8 Å². The number of anilines is 2. The van der Waals surface area contributed by atoms with Gasteiger partial charge in [-0.25, -0.2) is 4.98 Å². The van der Waals surface area contributed by atoms with Gasteiger partial charge in [-0.05, 0) is 62.4 Å². The van der Waals surface area contributed by atoms with E-state index in [1.807, 2.05) is 0 Å². The third-order valence-corrected chi connectivity index (χ3v) is 9.10. The maximum Gasteiger partial charge on any atom is 0.314 e. The van der Waals surface area contributed by atoms with E-state index in [2.05, 4.69) is 54.3 Å². The van der Waals surface area contributed by atoms with Gasteiger partial charge >= 0.3 is 11.8 Å². The normalized spacial score (nSPS) is 24.3. The van der Waals surface area contributed by atoms with Crippen LogP contribution < -0.4 is 11.1 Å². The molecule has 3 aromatic rings. The Morgan fingerprint density at radius 1 is 1.18 bits per heavy atom. The summed E-state index contributed by atoms with van der Waals surface area (Å²) in [4.78, 5) is 39.6. The summed E-state index contributed by atoms with van der Waals surface area (Å²) in [5.41, 5.74) is 8.83. The van der Waals surface area contributed by atoms with Gasteiger partial charge in [-0.2, -0.15) is 0 Å². The molecule has 2 fully saturated rings. The van der Waals surface area contributed by atoms with Crippen molar-refractivity contribution in [1.29, 1.82) is 5.41 Å². The van der Waals surface area contributed by atoms with Crippen molar-refractivity contribution in [1.82, 2.24) is 19.8 Å². The van der Waals surface area contributed by atoms with Crippen molar-refractivity contribution < 1.29 is 9.59 Å². The largest absolute Gasteiger partial charge is 0.396 e. The van der Waals surface area contributed by atoms with Crippen LogP contribution in [0.2, 0.25) is 0 Å². The monoisotopic (exact) mass is 533 g/mol. The molecule has 0 saturated carbocycles. The molecule has 2 aliphatic heterocycles. The molecule has 10 heteroatoms. The summed E-state index contributed by atoms with van der Waals surface area (Å²) in [5.74, 6) is -0.0356. The summed E-state index contributed by atoms with van der Waals surface area (Å²) in [7, 11) is 2.18. The molecule has 0 radical (unpaired) electrons. The highest BCUT2D eigenvalue weighted by molar-refractivity contribution is 7.18. The molecule has 200 valence electrons. The molecule has 1 aromatic carbocycles. The van der Waals surface area contributed by atoms with E-state index in [1.54, 1.807) is 16.2 Å². The van der Waals surface area contributed by atoms with Crippen LogP contribution in [0.15, 0.2) is 30.6 Å². The van der Waals surface area contributed by atoms with E-state index in [4.69, 9.17) is 16.1 Å². The van der Waals surface area contributed by atoms with Crippen LogP contribution in [0, 0.1) is 17.2 Å². The van der Waals surface area contributed by atoms with Gasteiger partial charge in [0, 0.05) is 37.0 Å². The molecular weight excluding hydrogens is 498 g/mol. The van der Waals surface area contributed by atoms with Crippen molar-refractivity contribution >= 4 is 51.0 Å². The van der Waals surface area contributed by atoms with Gasteiger partial charge in [0.1, 0.15) is 0 Å². The Morgan fingerprint density at radius 3 is 2.76 bits per heavy atom. The number of aromatic nitrogens is 2. The molecule has 4 atom stereocenters. The predicted octanol–water partition coefficient (Wildman–Crippen LogP) is 4.26. The van der Waals surface area contributed by atoms with Gasteiger partial charge in [0.25, 0.3) is 0 Å². The highest BCUT2D eigenvalue weighted by Crippen LogP contribution is 2.39. The first-order valence-electron chi connectivity index (χ1n) is 13.2. The van der Waals surface area contributed by atoms with Crippen LogP contribution in [0.1, 0.15) is 61.2 Å². The minimum Gasteiger partial charge on any atom is -0.396 e. The van der Waals surface area contributed by atoms with Gasteiger partial charge in [0.15, 0.2) is 0 Å². The first-order chi connectivity index (χ1) is 18.2. The summed E-state index contributed by atoms with van der Waals surface area (Å²) >= 11 is 1.77. The Labute approximate surface area is 226 Å². The smallest absolute Gasteiger partial charge is 0.314 e. The molecule has 0 spiro atoms. The zero-order valence-corrected chi connectivity index (χ0v) is 22.9. The third kappa shape index (κ3) is 5.15. The number of fused-ring (bicyclic) bond motifs is 1. The van der Waals surface area contributed by atoms with Gasteiger partial charge in [0.2, 0.25) is 0 Å². The molecule has 2 amide bonds.